The molecule has 3 rings (SSSR count). The van der Waals surface area contributed by atoms with Crippen LogP contribution in [0, 0.1) is 0 Å². The molecule has 0 bridgehead atoms. The zero-order valence-electron chi connectivity index (χ0n) is 15.1. The summed E-state index contributed by atoms with van der Waals surface area (Å²) in [4.78, 5) is 28.9. The number of ether oxygens (including phenoxy) is 1. The van der Waals surface area contributed by atoms with Gasteiger partial charge in [-0.2, -0.15) is 0 Å². The van der Waals surface area contributed by atoms with Crippen LogP contribution in [0.15, 0.2) is 24.3 Å². The van der Waals surface area contributed by atoms with Crippen molar-refractivity contribution in [3.05, 3.63) is 29.8 Å². The number of likely N-dealkylation sites (tertiary alicyclic amines) is 2. The first-order valence-electron chi connectivity index (χ1n) is 9.51. The van der Waals surface area contributed by atoms with E-state index in [2.05, 4.69) is 0 Å². The molecule has 1 aromatic rings. The van der Waals surface area contributed by atoms with Gasteiger partial charge in [0, 0.05) is 32.1 Å². The SMILES string of the molecule is CCOc1ccccc1C(=O)N1CCCC[C@@H]1CCN1CCCC1=O. The van der Waals surface area contributed by atoms with Gasteiger partial charge in [-0.3, -0.25) is 9.59 Å². The Morgan fingerprint density at radius 2 is 2.04 bits per heavy atom. The van der Waals surface area contributed by atoms with Crippen molar-refractivity contribution in [2.24, 2.45) is 0 Å². The van der Waals surface area contributed by atoms with Crippen LogP contribution < -0.4 is 4.74 Å². The summed E-state index contributed by atoms with van der Waals surface area (Å²) in [6.07, 6.45) is 5.72. The number of carbonyl (C=O) groups excluding carboxylic acids is 2. The normalized spacial score (nSPS) is 20.8. The Hall–Kier alpha value is -2.04. The molecule has 5 heteroatoms. The average molecular weight is 344 g/mol. The monoisotopic (exact) mass is 344 g/mol. The number of hydrogen-bond donors (Lipinski definition) is 0. The van der Waals surface area contributed by atoms with Crippen LogP contribution in [0.4, 0.5) is 0 Å². The van der Waals surface area contributed by atoms with Crippen molar-refractivity contribution in [1.29, 1.82) is 0 Å². The van der Waals surface area contributed by atoms with Crippen LogP contribution in [-0.2, 0) is 4.79 Å². The molecule has 0 radical (unpaired) electrons. The predicted molar refractivity (Wildman–Crippen MR) is 96.7 cm³/mol. The molecule has 2 heterocycles. The second-order valence-corrected chi connectivity index (χ2v) is 6.85. The standard InChI is InChI=1S/C20H28N2O3/c1-2-25-18-10-4-3-9-17(18)20(24)22-14-6-5-8-16(22)12-15-21-13-7-11-19(21)23/h3-4,9-10,16H,2,5-8,11-15H2,1H3/t16-/m1/s1. The fourth-order valence-corrected chi connectivity index (χ4v) is 3.89. The van der Waals surface area contributed by atoms with Crippen LogP contribution >= 0.6 is 0 Å². The van der Waals surface area contributed by atoms with Crippen molar-refractivity contribution in [2.75, 3.05) is 26.2 Å². The molecule has 2 saturated heterocycles. The number of benzene rings is 1. The molecule has 1 aromatic carbocycles. The first kappa shape index (κ1) is 17.8. The van der Waals surface area contributed by atoms with Gasteiger partial charge in [-0.1, -0.05) is 12.1 Å². The van der Waals surface area contributed by atoms with Gasteiger partial charge in [-0.25, -0.2) is 0 Å². The van der Waals surface area contributed by atoms with E-state index in [0.29, 0.717) is 24.3 Å². The third-order valence-electron chi connectivity index (χ3n) is 5.21. The van der Waals surface area contributed by atoms with Crippen molar-refractivity contribution in [3.63, 3.8) is 0 Å². The summed E-state index contributed by atoms with van der Waals surface area (Å²) in [6.45, 7) is 4.90. The Labute approximate surface area is 149 Å². The lowest BCUT2D eigenvalue weighted by atomic mass is 9.97. The van der Waals surface area contributed by atoms with Crippen LogP contribution in [0.2, 0.25) is 0 Å². The second kappa shape index (κ2) is 8.37. The summed E-state index contributed by atoms with van der Waals surface area (Å²) in [5.74, 6) is 0.978. The number of para-hydroxylation sites is 1. The predicted octanol–water partition coefficient (Wildman–Crippen LogP) is 3.09. The van der Waals surface area contributed by atoms with E-state index in [0.717, 1.165) is 51.7 Å². The van der Waals surface area contributed by atoms with Crippen molar-refractivity contribution < 1.29 is 14.3 Å². The van der Waals surface area contributed by atoms with Gasteiger partial charge in [0.1, 0.15) is 5.75 Å². The summed E-state index contributed by atoms with van der Waals surface area (Å²) in [6, 6.07) is 7.71. The molecule has 0 saturated carbocycles. The molecule has 2 aliphatic rings. The maximum atomic E-state index is 13.1. The molecule has 2 aliphatic heterocycles. The average Bonchev–Trinajstić information content (AvgIpc) is 3.05. The molecule has 1 atom stereocenters. The zero-order chi connectivity index (χ0) is 17.6. The van der Waals surface area contributed by atoms with Gasteiger partial charge < -0.3 is 14.5 Å². The van der Waals surface area contributed by atoms with Crippen LogP contribution in [-0.4, -0.2) is 53.9 Å². The van der Waals surface area contributed by atoms with Crippen LogP contribution in [0.3, 0.4) is 0 Å². The van der Waals surface area contributed by atoms with Crippen molar-refractivity contribution >= 4 is 11.8 Å². The molecule has 0 N–H and O–H groups in total. The molecule has 2 amide bonds. The lowest BCUT2D eigenvalue weighted by Crippen LogP contribution is -2.45. The number of hydrogen-bond acceptors (Lipinski definition) is 3. The van der Waals surface area contributed by atoms with E-state index in [1.807, 2.05) is 41.0 Å². The smallest absolute Gasteiger partial charge is 0.257 e. The van der Waals surface area contributed by atoms with Gasteiger partial charge in [-0.05, 0) is 51.2 Å². The Morgan fingerprint density at radius 1 is 1.20 bits per heavy atom. The first-order valence-corrected chi connectivity index (χ1v) is 9.51. The van der Waals surface area contributed by atoms with Crippen LogP contribution in [0.25, 0.3) is 0 Å². The number of rotatable bonds is 6. The Morgan fingerprint density at radius 3 is 2.80 bits per heavy atom. The molecule has 0 unspecified atom stereocenters. The first-order chi connectivity index (χ1) is 12.2. The largest absolute Gasteiger partial charge is 0.493 e. The number of amides is 2. The summed E-state index contributed by atoms with van der Waals surface area (Å²) >= 11 is 0. The highest BCUT2D eigenvalue weighted by Gasteiger charge is 2.30. The zero-order valence-corrected chi connectivity index (χ0v) is 15.1. The summed E-state index contributed by atoms with van der Waals surface area (Å²) < 4.78 is 5.64. The summed E-state index contributed by atoms with van der Waals surface area (Å²) in [7, 11) is 0. The van der Waals surface area contributed by atoms with Crippen molar-refractivity contribution in [3.8, 4) is 5.75 Å². The minimum atomic E-state index is 0.0569. The van der Waals surface area contributed by atoms with Crippen LogP contribution in [0.1, 0.15) is 55.8 Å². The highest BCUT2D eigenvalue weighted by atomic mass is 16.5. The Bertz CT molecular complexity index is 617. The minimum absolute atomic E-state index is 0.0569. The van der Waals surface area contributed by atoms with Crippen molar-refractivity contribution in [1.82, 2.24) is 9.80 Å². The maximum Gasteiger partial charge on any atom is 0.257 e. The topological polar surface area (TPSA) is 49.9 Å². The second-order valence-electron chi connectivity index (χ2n) is 6.85. The molecular weight excluding hydrogens is 316 g/mol. The van der Waals surface area contributed by atoms with E-state index >= 15 is 0 Å². The van der Waals surface area contributed by atoms with E-state index in [4.69, 9.17) is 4.74 Å². The number of carbonyl (C=O) groups is 2. The van der Waals surface area contributed by atoms with E-state index in [1.54, 1.807) is 0 Å². The molecule has 0 spiro atoms. The maximum absolute atomic E-state index is 13.1. The summed E-state index contributed by atoms with van der Waals surface area (Å²) in [5, 5.41) is 0. The lowest BCUT2D eigenvalue weighted by molar-refractivity contribution is -0.127. The lowest BCUT2D eigenvalue weighted by Gasteiger charge is -2.37. The van der Waals surface area contributed by atoms with Gasteiger partial charge in [0.25, 0.3) is 5.91 Å². The molecule has 0 aliphatic carbocycles. The van der Waals surface area contributed by atoms with E-state index in [1.165, 1.54) is 0 Å². The molecule has 5 nitrogen and oxygen atoms in total. The van der Waals surface area contributed by atoms with Gasteiger partial charge in [0.15, 0.2) is 0 Å². The third-order valence-corrected chi connectivity index (χ3v) is 5.21. The molecule has 25 heavy (non-hydrogen) atoms. The van der Waals surface area contributed by atoms with E-state index < -0.39 is 0 Å². The molecule has 0 aromatic heterocycles. The molecular formula is C20H28N2O3. The van der Waals surface area contributed by atoms with E-state index in [-0.39, 0.29) is 17.9 Å². The van der Waals surface area contributed by atoms with Crippen molar-refractivity contribution in [2.45, 2.75) is 51.5 Å². The van der Waals surface area contributed by atoms with Gasteiger partial charge >= 0.3 is 0 Å². The molecule has 2 fully saturated rings. The number of nitrogens with zero attached hydrogens (tertiary/aromatic N) is 2. The van der Waals surface area contributed by atoms with Crippen LogP contribution in [0.5, 0.6) is 5.75 Å². The van der Waals surface area contributed by atoms with Gasteiger partial charge in [0.05, 0.1) is 12.2 Å². The Kier molecular flexibility index (Phi) is 5.95. The fraction of sp³-hybridized carbons (Fsp3) is 0.600. The molecule has 136 valence electrons. The highest BCUT2D eigenvalue weighted by molar-refractivity contribution is 5.97. The van der Waals surface area contributed by atoms with E-state index in [9.17, 15) is 9.59 Å². The Balaban J connectivity index is 1.69. The summed E-state index contributed by atoms with van der Waals surface area (Å²) in [5.41, 5.74) is 0.647. The van der Waals surface area contributed by atoms with Gasteiger partial charge in [0.2, 0.25) is 5.91 Å². The van der Waals surface area contributed by atoms with Gasteiger partial charge in [-0.15, -0.1) is 0 Å². The number of piperidine rings is 1. The highest BCUT2D eigenvalue weighted by Crippen LogP contribution is 2.26. The third kappa shape index (κ3) is 4.14. The fourth-order valence-electron chi connectivity index (χ4n) is 3.89. The minimum Gasteiger partial charge on any atom is -0.493 e. The quantitative estimate of drug-likeness (QED) is 0.797.